The first-order chi connectivity index (χ1) is 12.6. The summed E-state index contributed by atoms with van der Waals surface area (Å²) in [4.78, 5) is 4.80. The summed E-state index contributed by atoms with van der Waals surface area (Å²) in [6.45, 7) is 1.96. The molecule has 2 aliphatic heterocycles. The summed E-state index contributed by atoms with van der Waals surface area (Å²) in [5.41, 5.74) is 0.808. The summed E-state index contributed by atoms with van der Waals surface area (Å²) in [5.74, 6) is 1.37. The van der Waals surface area contributed by atoms with Gasteiger partial charge in [0, 0.05) is 31.2 Å². The van der Waals surface area contributed by atoms with Gasteiger partial charge >= 0.3 is 6.61 Å². The third-order valence-electron chi connectivity index (χ3n) is 6.38. The fourth-order valence-electron chi connectivity index (χ4n) is 5.19. The number of rotatable bonds is 5. The fourth-order valence-corrected chi connectivity index (χ4v) is 5.19. The maximum absolute atomic E-state index is 12.6. The third-order valence-corrected chi connectivity index (χ3v) is 6.38. The Bertz CT molecular complexity index is 609. The number of aliphatic hydroxyl groups is 1. The van der Waals surface area contributed by atoms with E-state index in [1.807, 2.05) is 12.1 Å². The van der Waals surface area contributed by atoms with E-state index in [0.29, 0.717) is 24.4 Å². The number of hydrogen-bond acceptors (Lipinski definition) is 4. The molecule has 4 atom stereocenters. The molecule has 1 aromatic rings. The molecule has 0 amide bonds. The van der Waals surface area contributed by atoms with Gasteiger partial charge in [-0.25, -0.2) is 0 Å². The molecule has 3 fully saturated rings. The molecule has 0 aromatic heterocycles. The van der Waals surface area contributed by atoms with Crippen LogP contribution in [0.15, 0.2) is 24.3 Å². The molecule has 2 saturated heterocycles. The van der Waals surface area contributed by atoms with E-state index in [9.17, 15) is 13.9 Å². The number of ether oxygens (including phenoxy) is 1. The number of likely N-dealkylation sites (tertiary alicyclic amines) is 2. The number of hydrogen-bond donors (Lipinski definition) is 1. The number of alkyl halides is 2. The summed E-state index contributed by atoms with van der Waals surface area (Å²) in [5, 5.41) is 10.6. The number of halogens is 2. The minimum Gasteiger partial charge on any atom is -0.434 e. The Morgan fingerprint density at radius 1 is 1.08 bits per heavy atom. The van der Waals surface area contributed by atoms with E-state index >= 15 is 0 Å². The van der Waals surface area contributed by atoms with Gasteiger partial charge in [-0.2, -0.15) is 8.78 Å². The molecule has 1 aromatic carbocycles. The highest BCUT2D eigenvalue weighted by molar-refractivity contribution is 5.33. The second-order valence-corrected chi connectivity index (χ2v) is 8.05. The lowest BCUT2D eigenvalue weighted by Crippen LogP contribution is -2.48. The number of para-hydroxylation sites is 1. The van der Waals surface area contributed by atoms with Gasteiger partial charge in [-0.15, -0.1) is 0 Å². The van der Waals surface area contributed by atoms with Crippen LogP contribution in [0.2, 0.25) is 0 Å². The number of nitrogens with zero attached hydrogens (tertiary/aromatic N) is 2. The van der Waals surface area contributed by atoms with Crippen molar-refractivity contribution in [3.05, 3.63) is 29.8 Å². The maximum atomic E-state index is 12.6. The van der Waals surface area contributed by atoms with Gasteiger partial charge in [-0.1, -0.05) is 18.2 Å². The topological polar surface area (TPSA) is 35.9 Å². The molecule has 0 radical (unpaired) electrons. The lowest BCUT2D eigenvalue weighted by atomic mass is 9.77. The Kier molecular flexibility index (Phi) is 5.43. The van der Waals surface area contributed by atoms with E-state index in [2.05, 4.69) is 14.5 Å². The van der Waals surface area contributed by atoms with E-state index in [1.54, 1.807) is 12.1 Å². The quantitative estimate of drug-likeness (QED) is 0.869. The molecule has 3 aliphatic rings. The standard InChI is InChI=1S/C20H28F2N2O2/c21-20(22)26-19-6-2-1-5-14(19)11-23-12-15-9-17(24-7-3-4-8-24)18(25)10-16(15)13-23/h1-2,5-6,15-18,20,25H,3-4,7-13H2/t15-,16+,17-,18-/m1/s1. The van der Waals surface area contributed by atoms with Crippen LogP contribution in [0.4, 0.5) is 8.78 Å². The van der Waals surface area contributed by atoms with Crippen molar-refractivity contribution in [3.8, 4) is 5.75 Å². The van der Waals surface area contributed by atoms with Gasteiger partial charge < -0.3 is 9.84 Å². The van der Waals surface area contributed by atoms with Crippen LogP contribution >= 0.6 is 0 Å². The zero-order valence-corrected chi connectivity index (χ0v) is 15.1. The highest BCUT2D eigenvalue weighted by Crippen LogP contribution is 2.40. The van der Waals surface area contributed by atoms with E-state index < -0.39 is 6.61 Å². The van der Waals surface area contributed by atoms with Crippen LogP contribution in [-0.2, 0) is 6.54 Å². The predicted octanol–water partition coefficient (Wildman–Crippen LogP) is 2.96. The second-order valence-electron chi connectivity index (χ2n) is 8.05. The highest BCUT2D eigenvalue weighted by Gasteiger charge is 2.43. The minimum atomic E-state index is -2.80. The predicted molar refractivity (Wildman–Crippen MR) is 95.2 cm³/mol. The van der Waals surface area contributed by atoms with E-state index in [0.717, 1.165) is 44.6 Å². The molecule has 2 heterocycles. The average molecular weight is 366 g/mol. The van der Waals surface area contributed by atoms with Crippen LogP contribution in [0.1, 0.15) is 31.2 Å². The zero-order valence-electron chi connectivity index (χ0n) is 15.1. The smallest absolute Gasteiger partial charge is 0.387 e. The van der Waals surface area contributed by atoms with E-state index in [1.165, 1.54) is 12.8 Å². The van der Waals surface area contributed by atoms with Crippen molar-refractivity contribution in [2.24, 2.45) is 11.8 Å². The van der Waals surface area contributed by atoms with Gasteiger partial charge in [-0.05, 0) is 56.7 Å². The summed E-state index contributed by atoms with van der Waals surface area (Å²) in [7, 11) is 0. The summed E-state index contributed by atoms with van der Waals surface area (Å²) in [6.07, 6.45) is 4.16. The van der Waals surface area contributed by atoms with Crippen LogP contribution in [0.3, 0.4) is 0 Å². The molecule has 1 N–H and O–H groups in total. The molecule has 1 aliphatic carbocycles. The van der Waals surface area contributed by atoms with Crippen molar-refractivity contribution in [1.82, 2.24) is 9.80 Å². The van der Waals surface area contributed by atoms with Gasteiger partial charge in [-0.3, -0.25) is 9.80 Å². The summed E-state index contributed by atoms with van der Waals surface area (Å²) in [6, 6.07) is 7.36. The number of benzene rings is 1. The van der Waals surface area contributed by atoms with Gasteiger partial charge in [0.1, 0.15) is 5.75 Å². The zero-order chi connectivity index (χ0) is 18.1. The van der Waals surface area contributed by atoms with Crippen LogP contribution in [0.25, 0.3) is 0 Å². The molecule has 4 nitrogen and oxygen atoms in total. The molecular formula is C20H28F2N2O2. The highest BCUT2D eigenvalue weighted by atomic mass is 19.3. The van der Waals surface area contributed by atoms with Crippen molar-refractivity contribution >= 4 is 0 Å². The first-order valence-electron chi connectivity index (χ1n) is 9.77. The monoisotopic (exact) mass is 366 g/mol. The van der Waals surface area contributed by atoms with E-state index in [4.69, 9.17) is 0 Å². The summed E-state index contributed by atoms with van der Waals surface area (Å²) < 4.78 is 29.9. The molecule has 26 heavy (non-hydrogen) atoms. The largest absolute Gasteiger partial charge is 0.434 e. The number of aliphatic hydroxyl groups excluding tert-OH is 1. The lowest BCUT2D eigenvalue weighted by Gasteiger charge is -2.40. The Morgan fingerprint density at radius 3 is 2.50 bits per heavy atom. The summed E-state index contributed by atoms with van der Waals surface area (Å²) >= 11 is 0. The van der Waals surface area contributed by atoms with Crippen molar-refractivity contribution in [1.29, 1.82) is 0 Å². The first-order valence-corrected chi connectivity index (χ1v) is 9.77. The Labute approximate surface area is 153 Å². The van der Waals surface area contributed by atoms with Crippen LogP contribution in [0, 0.1) is 11.8 Å². The Hall–Kier alpha value is -1.24. The van der Waals surface area contributed by atoms with Gasteiger partial charge in [0.2, 0.25) is 0 Å². The normalized spacial score (nSPS) is 32.9. The first kappa shape index (κ1) is 18.1. The molecular weight excluding hydrogens is 338 g/mol. The molecule has 0 unspecified atom stereocenters. The van der Waals surface area contributed by atoms with Crippen LogP contribution in [-0.4, -0.2) is 59.8 Å². The maximum Gasteiger partial charge on any atom is 0.387 e. The van der Waals surface area contributed by atoms with Crippen molar-refractivity contribution < 1.29 is 18.6 Å². The van der Waals surface area contributed by atoms with Crippen molar-refractivity contribution in [2.45, 2.75) is 51.0 Å². The molecule has 0 spiro atoms. The van der Waals surface area contributed by atoms with Crippen LogP contribution in [0.5, 0.6) is 5.75 Å². The van der Waals surface area contributed by atoms with Crippen molar-refractivity contribution in [3.63, 3.8) is 0 Å². The van der Waals surface area contributed by atoms with Gasteiger partial charge in [0.25, 0.3) is 0 Å². The SMILES string of the molecule is O[C@@H]1C[C@H]2CN(Cc3ccccc3OC(F)F)C[C@H]2C[C@H]1N1CCCC1. The molecule has 1 saturated carbocycles. The third kappa shape index (κ3) is 3.87. The second kappa shape index (κ2) is 7.79. The minimum absolute atomic E-state index is 0.233. The molecule has 4 rings (SSSR count). The molecule has 144 valence electrons. The fraction of sp³-hybridized carbons (Fsp3) is 0.700. The Morgan fingerprint density at radius 2 is 1.77 bits per heavy atom. The van der Waals surface area contributed by atoms with E-state index in [-0.39, 0.29) is 11.9 Å². The van der Waals surface area contributed by atoms with Crippen molar-refractivity contribution in [2.75, 3.05) is 26.2 Å². The molecule has 0 bridgehead atoms. The lowest BCUT2D eigenvalue weighted by molar-refractivity contribution is -0.0507. The average Bonchev–Trinajstić information content (AvgIpc) is 3.24. The van der Waals surface area contributed by atoms with Crippen LogP contribution < -0.4 is 4.74 Å². The number of fused-ring (bicyclic) bond motifs is 1. The van der Waals surface area contributed by atoms with Gasteiger partial charge in [0.05, 0.1) is 6.10 Å². The molecule has 6 heteroatoms. The van der Waals surface area contributed by atoms with Gasteiger partial charge in [0.15, 0.2) is 0 Å². The Balaban J connectivity index is 1.39.